The maximum Gasteiger partial charge on any atom is 1.00 e. The monoisotopic (exact) mass is 1360 g/mol. The number of halogens is 3. The van der Waals surface area contributed by atoms with E-state index in [1.54, 1.807) is 58.4 Å². The van der Waals surface area contributed by atoms with Gasteiger partial charge in [-0.1, -0.05) is 0 Å². The minimum absolute atomic E-state index is 0. The van der Waals surface area contributed by atoms with E-state index in [1.807, 2.05) is 35.0 Å². The van der Waals surface area contributed by atoms with Gasteiger partial charge in [0, 0.05) is 96.0 Å². The number of imidazole rings is 4. The number of rotatable bonds is 11. The number of carbonyl (C=O) groups is 3. The molecule has 4 aromatic heterocycles. The van der Waals surface area contributed by atoms with Crippen molar-refractivity contribution in [3.8, 4) is 17.1 Å². The van der Waals surface area contributed by atoms with Crippen molar-refractivity contribution in [1.29, 1.82) is 0 Å². The Morgan fingerprint density at radius 1 is 0.653 bits per heavy atom. The number of nitrogens with one attached hydrogen (secondary N) is 1. The minimum atomic E-state index is -0.570. The van der Waals surface area contributed by atoms with E-state index in [-0.39, 0.29) is 193 Å². The fourth-order valence-corrected chi connectivity index (χ4v) is 5.07. The molecule has 0 saturated carbocycles. The van der Waals surface area contributed by atoms with Crippen molar-refractivity contribution in [3.63, 3.8) is 0 Å². The first-order valence-corrected chi connectivity index (χ1v) is 19.4. The fourth-order valence-electron chi connectivity index (χ4n) is 4.71. The standard InChI is InChI=1S/C10H9IN2O.C10H9N3O3.C10H7N3O3.C6H4FNO2.C4H4N2O.CH2O3.CH3.HI.2K.Pd.H/c11-8-1-3-10(4-2-8)13-5-9(6-14)12-7-13;2*14-6-8-5-12(7-11-8)9-1-3-10(4-2-9)13(15)16;7-5-1-3-6(4-2-5)8(9)10;7-2-4-1-5-3-6-4;2-1-4-3;;;;;;/h1-5,7,14H,6H2;1-5,7,14H,6H2;1-7H;1-4H;1-3H,(H,5,6);1,3H;1H3;1H;;;;/q;;;;;;-1;;2*+1;;-1/p-2. The van der Waals surface area contributed by atoms with Gasteiger partial charge in [0.15, 0.2) is 12.6 Å². The Bertz CT molecular complexity index is 2800. The Morgan fingerprint density at radius 2 is 1.01 bits per heavy atom. The molecule has 4 heterocycles. The second-order valence-electron chi connectivity index (χ2n) is 12.3. The maximum absolute atomic E-state index is 12.1. The molecule has 30 heteroatoms. The van der Waals surface area contributed by atoms with Crippen LogP contribution >= 0.6 is 22.6 Å². The van der Waals surface area contributed by atoms with Crippen LogP contribution in [0, 0.1) is 47.2 Å². The van der Waals surface area contributed by atoms with Gasteiger partial charge in [-0.25, -0.2) is 24.3 Å². The van der Waals surface area contributed by atoms with Crippen molar-refractivity contribution < 1.29 is 202 Å². The number of hydrogen-bond donors (Lipinski definition) is 3. The molecule has 8 aromatic rings. The van der Waals surface area contributed by atoms with E-state index in [9.17, 15) is 44.3 Å². The maximum atomic E-state index is 12.1. The normalized spacial score (nSPS) is 8.96. The summed E-state index contributed by atoms with van der Waals surface area (Å²) in [5.74, 6) is -0.467. The number of benzene rings is 4. The minimum Gasteiger partial charge on any atom is -1.00 e. The third-order valence-corrected chi connectivity index (χ3v) is 8.60. The molecule has 0 aliphatic rings. The Balaban J connectivity index is -0.000000400. The van der Waals surface area contributed by atoms with E-state index in [2.05, 4.69) is 52.4 Å². The topological polar surface area (TPSA) is 336 Å². The first kappa shape index (κ1) is 72.2. The summed E-state index contributed by atoms with van der Waals surface area (Å²) in [7, 11) is 0. The largest absolute Gasteiger partial charge is 1.00 e. The second kappa shape index (κ2) is 40.3. The second-order valence-corrected chi connectivity index (χ2v) is 13.5. The smallest absolute Gasteiger partial charge is 1.00 e. The van der Waals surface area contributed by atoms with Crippen LogP contribution in [0.1, 0.15) is 33.8 Å². The van der Waals surface area contributed by atoms with Crippen molar-refractivity contribution in [2.45, 2.75) is 13.2 Å². The van der Waals surface area contributed by atoms with Gasteiger partial charge in [-0.15, -0.1) is 0 Å². The van der Waals surface area contributed by atoms with Gasteiger partial charge in [0.05, 0.1) is 70.2 Å². The van der Waals surface area contributed by atoms with Gasteiger partial charge in [-0.2, -0.15) is 0 Å². The van der Waals surface area contributed by atoms with E-state index in [1.165, 1.54) is 46.7 Å². The van der Waals surface area contributed by atoms with Crippen LogP contribution in [0.15, 0.2) is 147 Å². The molecule has 24 nitrogen and oxygen atoms in total. The van der Waals surface area contributed by atoms with E-state index in [0.29, 0.717) is 41.0 Å². The van der Waals surface area contributed by atoms with Gasteiger partial charge in [0.25, 0.3) is 23.5 Å². The molecule has 4 aromatic carbocycles. The zero-order valence-corrected chi connectivity index (χ0v) is 49.9. The molecule has 0 amide bonds. The number of aldehydes is 2. The van der Waals surface area contributed by atoms with Gasteiger partial charge in [-0.3, -0.25) is 44.7 Å². The quantitative estimate of drug-likeness (QED) is 0.0218. The van der Waals surface area contributed by atoms with E-state index in [4.69, 9.17) is 20.3 Å². The first-order chi connectivity index (χ1) is 32.2. The number of nitrogens with zero attached hydrogens (tertiary/aromatic N) is 10. The summed E-state index contributed by atoms with van der Waals surface area (Å²) in [6.07, 6.45) is 14.1. The molecular formula is C42H38FI2K2N11O13Pd-2. The van der Waals surface area contributed by atoms with Crippen LogP contribution in [0.4, 0.5) is 21.5 Å². The molecule has 0 bridgehead atoms. The fraction of sp³-hybridized carbons (Fsp3) is 0.0476. The number of aliphatic hydroxyl groups excluding tert-OH is 2. The molecule has 0 aliphatic heterocycles. The summed E-state index contributed by atoms with van der Waals surface area (Å²) >= 11 is 2.26. The van der Waals surface area contributed by atoms with Gasteiger partial charge < -0.3 is 71.9 Å². The molecule has 0 saturated heterocycles. The van der Waals surface area contributed by atoms with E-state index < -0.39 is 20.6 Å². The Hall–Kier alpha value is -4.06. The van der Waals surface area contributed by atoms with Crippen LogP contribution in [0.25, 0.3) is 17.1 Å². The Morgan fingerprint density at radius 3 is 1.29 bits per heavy atom. The van der Waals surface area contributed by atoms with Crippen LogP contribution in [0.5, 0.6) is 0 Å². The predicted molar refractivity (Wildman–Crippen MR) is 246 cm³/mol. The molecule has 72 heavy (non-hydrogen) atoms. The zero-order chi connectivity index (χ0) is 49.1. The number of aromatic nitrogens is 8. The Kier molecular flexibility index (Phi) is 40.4. The molecule has 0 unspecified atom stereocenters. The van der Waals surface area contributed by atoms with Gasteiger partial charge in [0.2, 0.25) is 0 Å². The third kappa shape index (κ3) is 26.2. The summed E-state index contributed by atoms with van der Waals surface area (Å²) in [4.78, 5) is 78.9. The number of aliphatic hydroxyl groups is 2. The molecular weight excluding hydrogens is 1320 g/mol. The van der Waals surface area contributed by atoms with Crippen LogP contribution < -0.4 is 132 Å². The van der Waals surface area contributed by atoms with Gasteiger partial charge in [-0.05, 0) is 83.3 Å². The van der Waals surface area contributed by atoms with Crippen molar-refractivity contribution in [1.82, 2.24) is 38.6 Å². The van der Waals surface area contributed by atoms with Crippen molar-refractivity contribution in [2.75, 3.05) is 0 Å². The molecule has 374 valence electrons. The van der Waals surface area contributed by atoms with Crippen LogP contribution in [-0.2, 0) is 43.3 Å². The summed E-state index contributed by atoms with van der Waals surface area (Å²) in [5.41, 5.74) is 4.58. The SMILES string of the molecule is O=CO[O-].O=Cc1cn(-c2ccc([N+](=O)[O-])cc2)cn1.O=Cc1cnc[nH]1.O=[N+]([O-])c1ccc(-n2cnc(CO)c2)cc1.O=[N+]([O-])c1ccc(F)cc1.OCc1cn(-c2ccc(I)cc2)cn1.[CH3-].[H-].[I-].[K+].[K+].[Pd]. The number of non-ortho nitro benzene ring substituents is 3. The summed E-state index contributed by atoms with van der Waals surface area (Å²) < 4.78 is 18.5. The molecule has 8 rings (SSSR count). The molecule has 0 atom stereocenters. The van der Waals surface area contributed by atoms with Crippen LogP contribution in [0.3, 0.4) is 0 Å². The number of aromatic amines is 1. The number of hydrogen-bond acceptors (Lipinski definition) is 17. The van der Waals surface area contributed by atoms with Gasteiger partial charge in [0.1, 0.15) is 17.8 Å². The molecule has 0 radical (unpaired) electrons. The predicted octanol–water partition coefficient (Wildman–Crippen LogP) is -3.20. The number of nitro groups is 3. The average molecular weight is 1360 g/mol. The van der Waals surface area contributed by atoms with Crippen molar-refractivity contribution in [2.24, 2.45) is 0 Å². The average Bonchev–Trinajstić information content (AvgIpc) is 4.22. The number of nitro benzene ring substituents is 3. The summed E-state index contributed by atoms with van der Waals surface area (Å²) in [6.45, 7) is -0.322. The number of H-pyrrole nitrogens is 1. The first-order valence-electron chi connectivity index (χ1n) is 18.3. The molecule has 0 aliphatic carbocycles. The van der Waals surface area contributed by atoms with E-state index >= 15 is 0 Å². The van der Waals surface area contributed by atoms with E-state index in [0.717, 1.165) is 35.6 Å². The van der Waals surface area contributed by atoms with Crippen molar-refractivity contribution >= 4 is 58.7 Å². The van der Waals surface area contributed by atoms with Crippen molar-refractivity contribution in [3.05, 3.63) is 217 Å². The number of carbonyl (C=O) groups excluding carboxylic acids is 3. The molecule has 3 N–H and O–H groups in total. The zero-order valence-electron chi connectivity index (χ0n) is 38.8. The molecule has 0 fully saturated rings. The summed E-state index contributed by atoms with van der Waals surface area (Å²) in [5, 5.41) is 57.0. The molecule has 0 spiro atoms. The Labute approximate surface area is 539 Å². The van der Waals surface area contributed by atoms with Crippen LogP contribution in [-0.4, -0.2) is 82.6 Å². The van der Waals surface area contributed by atoms with Gasteiger partial charge >= 0.3 is 103 Å². The third-order valence-electron chi connectivity index (χ3n) is 7.88. The summed E-state index contributed by atoms with van der Waals surface area (Å²) in [6, 6.07) is 24.5. The van der Waals surface area contributed by atoms with Crippen LogP contribution in [0.2, 0.25) is 0 Å².